The molecule has 0 spiro atoms. The van der Waals surface area contributed by atoms with E-state index < -0.39 is 0 Å². The Labute approximate surface area is 74.4 Å². The minimum Gasteiger partial charge on any atom is -0.507 e. The van der Waals surface area contributed by atoms with Gasteiger partial charge in [-0.05, 0) is 31.4 Å². The second kappa shape index (κ2) is 5.42. The summed E-state index contributed by atoms with van der Waals surface area (Å²) >= 11 is 0. The second-order valence-corrected chi connectivity index (χ2v) is 2.54. The second-order valence-electron chi connectivity index (χ2n) is 2.54. The van der Waals surface area contributed by atoms with Crippen molar-refractivity contribution in [2.45, 2.75) is 20.3 Å². The van der Waals surface area contributed by atoms with Crippen LogP contribution in [0.15, 0.2) is 48.3 Å². The van der Waals surface area contributed by atoms with E-state index in [4.69, 9.17) is 0 Å². The number of aliphatic hydroxyl groups is 1. The van der Waals surface area contributed by atoms with Crippen molar-refractivity contribution in [3.63, 3.8) is 0 Å². The number of hydrogen-bond donors (Lipinski definition) is 1. The average Bonchev–Trinajstić information content (AvgIpc) is 2.11. The lowest BCUT2D eigenvalue weighted by atomic mass is 10.1. The fourth-order valence-corrected chi connectivity index (χ4v) is 0.822. The molecule has 0 saturated heterocycles. The van der Waals surface area contributed by atoms with Gasteiger partial charge in [0, 0.05) is 0 Å². The number of hydrogen-bond acceptors (Lipinski definition) is 1. The molecular weight excluding hydrogens is 148 g/mol. The van der Waals surface area contributed by atoms with E-state index >= 15 is 0 Å². The summed E-state index contributed by atoms with van der Waals surface area (Å²) in [6, 6.07) is 0. The maximum absolute atomic E-state index is 9.60. The molecule has 66 valence electrons. The molecule has 0 aromatic rings. The fraction of sp³-hybridized carbons (Fsp3) is 0.273. The topological polar surface area (TPSA) is 20.2 Å². The SMILES string of the molecule is C=CC/C(C=C)=C(O)/C(C)=C\C. The summed E-state index contributed by atoms with van der Waals surface area (Å²) in [6.45, 7) is 11.0. The van der Waals surface area contributed by atoms with Crippen LogP contribution in [0, 0.1) is 0 Å². The average molecular weight is 164 g/mol. The zero-order chi connectivity index (χ0) is 9.56. The molecule has 0 amide bonds. The van der Waals surface area contributed by atoms with Crippen molar-refractivity contribution in [3.05, 3.63) is 48.3 Å². The van der Waals surface area contributed by atoms with Crippen molar-refractivity contribution < 1.29 is 5.11 Å². The van der Waals surface area contributed by atoms with Crippen LogP contribution in [0.4, 0.5) is 0 Å². The van der Waals surface area contributed by atoms with Crippen LogP contribution in [-0.4, -0.2) is 5.11 Å². The lowest BCUT2D eigenvalue weighted by Gasteiger charge is -2.04. The van der Waals surface area contributed by atoms with Gasteiger partial charge in [-0.25, -0.2) is 0 Å². The molecule has 0 atom stereocenters. The minimum absolute atomic E-state index is 0.312. The van der Waals surface area contributed by atoms with Crippen molar-refractivity contribution in [1.29, 1.82) is 0 Å². The summed E-state index contributed by atoms with van der Waals surface area (Å²) < 4.78 is 0. The quantitative estimate of drug-likeness (QED) is 0.383. The molecule has 0 fully saturated rings. The smallest absolute Gasteiger partial charge is 0.121 e. The van der Waals surface area contributed by atoms with Gasteiger partial charge in [0.25, 0.3) is 0 Å². The first-order valence-corrected chi connectivity index (χ1v) is 3.96. The first-order chi connectivity index (χ1) is 5.67. The molecule has 0 heterocycles. The van der Waals surface area contributed by atoms with Crippen LogP contribution < -0.4 is 0 Å². The Morgan fingerprint density at radius 3 is 2.33 bits per heavy atom. The van der Waals surface area contributed by atoms with E-state index in [0.717, 1.165) is 11.1 Å². The normalized spacial score (nSPS) is 13.7. The van der Waals surface area contributed by atoms with Gasteiger partial charge in [0.1, 0.15) is 5.76 Å². The van der Waals surface area contributed by atoms with Gasteiger partial charge in [-0.3, -0.25) is 0 Å². The van der Waals surface area contributed by atoms with E-state index in [0.29, 0.717) is 12.2 Å². The van der Waals surface area contributed by atoms with Crippen molar-refractivity contribution >= 4 is 0 Å². The molecule has 1 nitrogen and oxygen atoms in total. The van der Waals surface area contributed by atoms with Gasteiger partial charge in [-0.2, -0.15) is 0 Å². The van der Waals surface area contributed by atoms with Crippen LogP contribution in [0.1, 0.15) is 20.3 Å². The van der Waals surface area contributed by atoms with Crippen LogP contribution in [0.2, 0.25) is 0 Å². The minimum atomic E-state index is 0.312. The van der Waals surface area contributed by atoms with E-state index in [2.05, 4.69) is 13.2 Å². The van der Waals surface area contributed by atoms with E-state index in [1.807, 2.05) is 19.9 Å². The maximum Gasteiger partial charge on any atom is 0.121 e. The largest absolute Gasteiger partial charge is 0.507 e. The summed E-state index contributed by atoms with van der Waals surface area (Å²) in [5.41, 5.74) is 1.69. The summed E-state index contributed by atoms with van der Waals surface area (Å²) in [5, 5.41) is 9.60. The van der Waals surface area contributed by atoms with E-state index in [-0.39, 0.29) is 0 Å². The third-order valence-electron chi connectivity index (χ3n) is 1.72. The molecule has 1 heteroatoms. The van der Waals surface area contributed by atoms with Gasteiger partial charge in [0.2, 0.25) is 0 Å². The van der Waals surface area contributed by atoms with E-state index in [9.17, 15) is 5.11 Å². The Morgan fingerprint density at radius 2 is 2.00 bits per heavy atom. The zero-order valence-corrected chi connectivity index (χ0v) is 7.80. The molecule has 0 aromatic carbocycles. The highest BCUT2D eigenvalue weighted by Crippen LogP contribution is 2.15. The molecule has 0 aliphatic rings. The monoisotopic (exact) mass is 164 g/mol. The van der Waals surface area contributed by atoms with Gasteiger partial charge in [0.05, 0.1) is 0 Å². The highest BCUT2D eigenvalue weighted by molar-refractivity contribution is 5.34. The van der Waals surface area contributed by atoms with E-state index in [1.165, 1.54) is 0 Å². The Morgan fingerprint density at radius 1 is 1.42 bits per heavy atom. The van der Waals surface area contributed by atoms with Crippen LogP contribution in [0.25, 0.3) is 0 Å². The van der Waals surface area contributed by atoms with Gasteiger partial charge < -0.3 is 5.11 Å². The van der Waals surface area contributed by atoms with Crippen LogP contribution in [0.3, 0.4) is 0 Å². The lowest BCUT2D eigenvalue weighted by Crippen LogP contribution is -1.89. The van der Waals surface area contributed by atoms with Gasteiger partial charge >= 0.3 is 0 Å². The van der Waals surface area contributed by atoms with Crippen LogP contribution in [0.5, 0.6) is 0 Å². The third kappa shape index (κ3) is 2.79. The Kier molecular flexibility index (Phi) is 4.86. The molecular formula is C11H16O. The molecule has 0 radical (unpaired) electrons. The number of aliphatic hydroxyl groups excluding tert-OH is 1. The van der Waals surface area contributed by atoms with Gasteiger partial charge in [-0.1, -0.05) is 24.8 Å². The van der Waals surface area contributed by atoms with Crippen LogP contribution in [-0.2, 0) is 0 Å². The Bertz CT molecular complexity index is 231. The van der Waals surface area contributed by atoms with Crippen molar-refractivity contribution in [1.82, 2.24) is 0 Å². The van der Waals surface area contributed by atoms with Gasteiger partial charge in [-0.15, -0.1) is 6.58 Å². The zero-order valence-electron chi connectivity index (χ0n) is 7.80. The molecule has 0 saturated carbocycles. The standard InChI is InChI=1S/C11H16O/c1-5-8-10(7-3)11(12)9(4)6-2/h5-7,12H,1,3,8H2,2,4H3/b9-6-,11-10-. The first-order valence-electron chi connectivity index (χ1n) is 3.96. The number of allylic oxidation sites excluding steroid dienone is 5. The van der Waals surface area contributed by atoms with Crippen molar-refractivity contribution in [3.8, 4) is 0 Å². The summed E-state index contributed by atoms with van der Waals surface area (Å²) in [6.07, 6.45) is 5.92. The highest BCUT2D eigenvalue weighted by Gasteiger charge is 2.00. The first kappa shape index (κ1) is 10.8. The summed E-state index contributed by atoms with van der Waals surface area (Å²) in [4.78, 5) is 0. The molecule has 0 aliphatic carbocycles. The molecule has 12 heavy (non-hydrogen) atoms. The predicted molar refractivity (Wildman–Crippen MR) is 54.1 cm³/mol. The van der Waals surface area contributed by atoms with Crippen molar-refractivity contribution in [2.24, 2.45) is 0 Å². The van der Waals surface area contributed by atoms with Crippen molar-refractivity contribution in [2.75, 3.05) is 0 Å². The van der Waals surface area contributed by atoms with Crippen LogP contribution >= 0.6 is 0 Å². The number of rotatable bonds is 4. The molecule has 1 N–H and O–H groups in total. The lowest BCUT2D eigenvalue weighted by molar-refractivity contribution is 0.417. The summed E-state index contributed by atoms with van der Waals surface area (Å²) in [7, 11) is 0. The summed E-state index contributed by atoms with van der Waals surface area (Å²) in [5.74, 6) is 0.312. The molecule has 0 aromatic heterocycles. The molecule has 0 bridgehead atoms. The Balaban J connectivity index is 4.82. The molecule has 0 rings (SSSR count). The highest BCUT2D eigenvalue weighted by atomic mass is 16.3. The maximum atomic E-state index is 9.60. The predicted octanol–water partition coefficient (Wildman–Crippen LogP) is 3.53. The third-order valence-corrected chi connectivity index (χ3v) is 1.72. The fourth-order valence-electron chi connectivity index (χ4n) is 0.822. The molecule has 0 aliphatic heterocycles. The van der Waals surface area contributed by atoms with E-state index in [1.54, 1.807) is 12.2 Å². The Hall–Kier alpha value is -1.24. The molecule has 0 unspecified atom stereocenters. The van der Waals surface area contributed by atoms with Gasteiger partial charge in [0.15, 0.2) is 0 Å².